The average Bonchev–Trinajstić information content (AvgIpc) is 2.63. The molecule has 1 saturated heterocycles. The summed E-state index contributed by atoms with van der Waals surface area (Å²) in [6, 6.07) is 6.26. The lowest BCUT2D eigenvalue weighted by Crippen LogP contribution is -2.49. The summed E-state index contributed by atoms with van der Waals surface area (Å²) in [5, 5.41) is 6.26. The summed E-state index contributed by atoms with van der Waals surface area (Å²) in [7, 11) is 0. The predicted octanol–water partition coefficient (Wildman–Crippen LogP) is 3.00. The van der Waals surface area contributed by atoms with Gasteiger partial charge in [0.1, 0.15) is 0 Å². The molecule has 0 unspecified atom stereocenters. The zero-order chi connectivity index (χ0) is 18.5. The number of nitrogens with zero attached hydrogens (tertiary/aromatic N) is 1. The fourth-order valence-corrected chi connectivity index (χ4v) is 3.56. The minimum absolute atomic E-state index is 0.278. The number of hydrogen-bond acceptors (Lipinski definition) is 4. The van der Waals surface area contributed by atoms with Gasteiger partial charge in [0.25, 0.3) is 0 Å². The number of urea groups is 1. The molecule has 2 amide bonds. The Morgan fingerprint density at radius 1 is 1.23 bits per heavy atom. The summed E-state index contributed by atoms with van der Waals surface area (Å²) in [6.45, 7) is 4.52. The van der Waals surface area contributed by atoms with Crippen molar-refractivity contribution in [3.8, 4) is 0 Å². The molecule has 0 aromatic heterocycles. The van der Waals surface area contributed by atoms with Crippen molar-refractivity contribution in [1.29, 1.82) is 0 Å². The maximum atomic E-state index is 12.7. The van der Waals surface area contributed by atoms with E-state index in [2.05, 4.69) is 15.5 Å². The van der Waals surface area contributed by atoms with Gasteiger partial charge >= 0.3 is 12.0 Å². The molecule has 140 valence electrons. The fourth-order valence-electron chi connectivity index (χ4n) is 3.44. The summed E-state index contributed by atoms with van der Waals surface area (Å²) < 4.78 is 5.28. The van der Waals surface area contributed by atoms with Crippen LogP contribution in [0, 0.1) is 0 Å². The molecule has 7 heteroatoms. The van der Waals surface area contributed by atoms with Crippen LogP contribution in [0.25, 0.3) is 0 Å². The third-order valence-corrected chi connectivity index (χ3v) is 4.93. The first kappa shape index (κ1) is 18.7. The molecule has 0 aliphatic carbocycles. The van der Waals surface area contributed by atoms with Crippen LogP contribution in [0.3, 0.4) is 0 Å². The van der Waals surface area contributed by atoms with Gasteiger partial charge in [0, 0.05) is 17.3 Å². The summed E-state index contributed by atoms with van der Waals surface area (Å²) in [5.41, 5.74) is 1.87. The SMILES string of the molecule is CCOC(=O)C1=C(CN2CCCCC2)NC(=O)N[C@H]1c1ccc(Cl)cc1. The van der Waals surface area contributed by atoms with Gasteiger partial charge in [0.15, 0.2) is 0 Å². The number of ether oxygens (including phenoxy) is 1. The van der Waals surface area contributed by atoms with Crippen LogP contribution in [0.2, 0.25) is 5.02 Å². The number of amides is 2. The summed E-state index contributed by atoms with van der Waals surface area (Å²) in [5.74, 6) is -0.410. The van der Waals surface area contributed by atoms with Crippen molar-refractivity contribution in [2.75, 3.05) is 26.2 Å². The van der Waals surface area contributed by atoms with E-state index >= 15 is 0 Å². The molecule has 3 rings (SSSR count). The number of hydrogen-bond donors (Lipinski definition) is 2. The second-order valence-electron chi connectivity index (χ2n) is 6.53. The largest absolute Gasteiger partial charge is 0.463 e. The van der Waals surface area contributed by atoms with E-state index in [4.69, 9.17) is 16.3 Å². The van der Waals surface area contributed by atoms with E-state index in [0.717, 1.165) is 31.5 Å². The molecule has 6 nitrogen and oxygen atoms in total. The molecule has 2 aliphatic heterocycles. The molecule has 1 atom stereocenters. The number of carbonyl (C=O) groups excluding carboxylic acids is 2. The summed E-state index contributed by atoms with van der Waals surface area (Å²) in [6.07, 6.45) is 3.49. The number of piperidine rings is 1. The Morgan fingerprint density at radius 3 is 2.58 bits per heavy atom. The highest BCUT2D eigenvalue weighted by molar-refractivity contribution is 6.30. The van der Waals surface area contributed by atoms with Crippen LogP contribution < -0.4 is 10.6 Å². The van der Waals surface area contributed by atoms with Crippen molar-refractivity contribution in [2.45, 2.75) is 32.2 Å². The van der Waals surface area contributed by atoms with E-state index in [1.165, 1.54) is 6.42 Å². The highest BCUT2D eigenvalue weighted by Gasteiger charge is 2.34. The van der Waals surface area contributed by atoms with Crippen molar-refractivity contribution in [1.82, 2.24) is 15.5 Å². The number of carbonyl (C=O) groups is 2. The van der Waals surface area contributed by atoms with Crippen LogP contribution in [0.5, 0.6) is 0 Å². The van der Waals surface area contributed by atoms with E-state index < -0.39 is 12.0 Å². The van der Waals surface area contributed by atoms with Gasteiger partial charge < -0.3 is 15.4 Å². The predicted molar refractivity (Wildman–Crippen MR) is 99.8 cm³/mol. The first-order valence-electron chi connectivity index (χ1n) is 9.04. The van der Waals surface area contributed by atoms with Crippen molar-refractivity contribution in [3.63, 3.8) is 0 Å². The van der Waals surface area contributed by atoms with Crippen LogP contribution >= 0.6 is 11.6 Å². The van der Waals surface area contributed by atoms with Crippen molar-refractivity contribution in [2.24, 2.45) is 0 Å². The molecule has 2 N–H and O–H groups in total. The molecule has 26 heavy (non-hydrogen) atoms. The monoisotopic (exact) mass is 377 g/mol. The normalized spacial score (nSPS) is 21.2. The van der Waals surface area contributed by atoms with Gasteiger partial charge in [0.2, 0.25) is 0 Å². The Bertz CT molecular complexity index is 696. The lowest BCUT2D eigenvalue weighted by molar-refractivity contribution is -0.139. The minimum Gasteiger partial charge on any atom is -0.463 e. The minimum atomic E-state index is -0.556. The second-order valence-corrected chi connectivity index (χ2v) is 6.97. The van der Waals surface area contributed by atoms with E-state index in [9.17, 15) is 9.59 Å². The van der Waals surface area contributed by atoms with Crippen molar-refractivity contribution < 1.29 is 14.3 Å². The van der Waals surface area contributed by atoms with Crippen LogP contribution in [0.1, 0.15) is 37.8 Å². The zero-order valence-electron chi connectivity index (χ0n) is 14.9. The molecule has 0 radical (unpaired) electrons. The third-order valence-electron chi connectivity index (χ3n) is 4.68. The fraction of sp³-hybridized carbons (Fsp3) is 0.474. The molecule has 1 aromatic carbocycles. The standard InChI is InChI=1S/C19H24ClN3O3/c1-2-26-18(24)16-15(12-23-10-4-3-5-11-23)21-19(25)22-17(16)13-6-8-14(20)9-7-13/h6-9,17H,2-5,10-12H2,1H3,(H2,21,22,25)/t17-/m0/s1. The number of esters is 1. The highest BCUT2D eigenvalue weighted by Crippen LogP contribution is 2.29. The van der Waals surface area contributed by atoms with Gasteiger partial charge in [-0.15, -0.1) is 0 Å². The van der Waals surface area contributed by atoms with Crippen molar-refractivity contribution in [3.05, 3.63) is 46.1 Å². The van der Waals surface area contributed by atoms with Crippen LogP contribution in [-0.4, -0.2) is 43.1 Å². The van der Waals surface area contributed by atoms with E-state index in [1.54, 1.807) is 19.1 Å². The number of halogens is 1. The van der Waals surface area contributed by atoms with Crippen LogP contribution in [-0.2, 0) is 9.53 Å². The Kier molecular flexibility index (Phi) is 6.16. The van der Waals surface area contributed by atoms with Crippen molar-refractivity contribution >= 4 is 23.6 Å². The molecule has 2 heterocycles. The Balaban J connectivity index is 1.96. The van der Waals surface area contributed by atoms with E-state index in [1.807, 2.05) is 12.1 Å². The zero-order valence-corrected chi connectivity index (χ0v) is 15.6. The maximum Gasteiger partial charge on any atom is 0.338 e. The van der Waals surface area contributed by atoms with Gasteiger partial charge in [0.05, 0.1) is 18.2 Å². The molecule has 2 aliphatic rings. The third kappa shape index (κ3) is 4.37. The first-order chi connectivity index (χ1) is 12.6. The Morgan fingerprint density at radius 2 is 1.92 bits per heavy atom. The quantitative estimate of drug-likeness (QED) is 0.774. The summed E-state index contributed by atoms with van der Waals surface area (Å²) >= 11 is 5.98. The average molecular weight is 378 g/mol. The van der Waals surface area contributed by atoms with E-state index in [-0.39, 0.29) is 12.6 Å². The molecule has 0 saturated carbocycles. The molecular formula is C19H24ClN3O3. The lowest BCUT2D eigenvalue weighted by atomic mass is 9.94. The molecule has 1 aromatic rings. The topological polar surface area (TPSA) is 70.7 Å². The maximum absolute atomic E-state index is 12.7. The first-order valence-corrected chi connectivity index (χ1v) is 9.41. The van der Waals surface area contributed by atoms with Crippen LogP contribution in [0.15, 0.2) is 35.5 Å². The smallest absolute Gasteiger partial charge is 0.338 e. The van der Waals surface area contributed by atoms with E-state index in [0.29, 0.717) is 22.8 Å². The molecule has 1 fully saturated rings. The number of likely N-dealkylation sites (tertiary alicyclic amines) is 1. The Labute approximate surface area is 158 Å². The molecule has 0 spiro atoms. The number of benzene rings is 1. The number of rotatable bonds is 5. The lowest BCUT2D eigenvalue weighted by Gasteiger charge is -2.33. The number of nitrogens with one attached hydrogen (secondary N) is 2. The Hall–Kier alpha value is -2.05. The van der Waals surface area contributed by atoms with Gasteiger partial charge in [-0.2, -0.15) is 0 Å². The summed E-state index contributed by atoms with van der Waals surface area (Å²) in [4.78, 5) is 27.2. The van der Waals surface area contributed by atoms with Gasteiger partial charge in [-0.1, -0.05) is 30.2 Å². The highest BCUT2D eigenvalue weighted by atomic mass is 35.5. The molecular weight excluding hydrogens is 354 g/mol. The van der Waals surface area contributed by atoms with Crippen LogP contribution in [0.4, 0.5) is 4.79 Å². The van der Waals surface area contributed by atoms with Gasteiger partial charge in [-0.05, 0) is 50.6 Å². The van der Waals surface area contributed by atoms with Gasteiger partial charge in [-0.25, -0.2) is 9.59 Å². The second kappa shape index (κ2) is 8.56. The van der Waals surface area contributed by atoms with Gasteiger partial charge in [-0.3, -0.25) is 4.90 Å². The molecule has 0 bridgehead atoms.